The summed E-state index contributed by atoms with van der Waals surface area (Å²) in [4.78, 5) is 13.7. The highest BCUT2D eigenvalue weighted by Crippen LogP contribution is 2.42. The molecule has 144 valence electrons. The third-order valence-corrected chi connectivity index (χ3v) is 4.97. The van der Waals surface area contributed by atoms with Crippen molar-refractivity contribution in [2.24, 2.45) is 0 Å². The standard InChI is InChI=1S/C20H28FNO4/c1-13(23)25-16-10-18(22(11-16)20(2,3)4)17-9-14(21)5-6-19(17)26-15-7-8-24-12-15/h5-6,9,15-16,18H,7-8,10-12H2,1-4H3/t15?,16?,18-/m1/s1. The summed E-state index contributed by atoms with van der Waals surface area (Å²) in [6.45, 7) is 9.62. The molecule has 5 nitrogen and oxygen atoms in total. The van der Waals surface area contributed by atoms with Crippen LogP contribution in [0.1, 0.15) is 52.1 Å². The van der Waals surface area contributed by atoms with Crippen molar-refractivity contribution in [3.8, 4) is 5.75 Å². The van der Waals surface area contributed by atoms with Crippen molar-refractivity contribution in [3.63, 3.8) is 0 Å². The molecule has 6 heteroatoms. The molecule has 3 atom stereocenters. The first kappa shape index (κ1) is 19.1. The Morgan fingerprint density at radius 2 is 2.08 bits per heavy atom. The van der Waals surface area contributed by atoms with E-state index in [9.17, 15) is 9.18 Å². The molecule has 0 aliphatic carbocycles. The summed E-state index contributed by atoms with van der Waals surface area (Å²) in [5, 5.41) is 0. The zero-order valence-corrected chi connectivity index (χ0v) is 16.0. The van der Waals surface area contributed by atoms with E-state index in [0.717, 1.165) is 12.0 Å². The molecule has 1 aromatic rings. The number of likely N-dealkylation sites (tertiary alicyclic amines) is 1. The van der Waals surface area contributed by atoms with Crippen molar-refractivity contribution in [1.29, 1.82) is 0 Å². The smallest absolute Gasteiger partial charge is 0.302 e. The number of nitrogens with zero attached hydrogens (tertiary/aromatic N) is 1. The van der Waals surface area contributed by atoms with Crippen molar-refractivity contribution in [2.45, 2.75) is 64.3 Å². The van der Waals surface area contributed by atoms with Crippen LogP contribution in [0, 0.1) is 5.82 Å². The second kappa shape index (κ2) is 7.53. The number of carbonyl (C=O) groups is 1. The molecule has 0 aromatic heterocycles. The fourth-order valence-electron chi connectivity index (χ4n) is 3.83. The van der Waals surface area contributed by atoms with Crippen LogP contribution in [0.2, 0.25) is 0 Å². The number of benzene rings is 1. The highest BCUT2D eigenvalue weighted by Gasteiger charge is 2.41. The monoisotopic (exact) mass is 365 g/mol. The van der Waals surface area contributed by atoms with Crippen molar-refractivity contribution in [1.82, 2.24) is 4.90 Å². The molecule has 0 saturated carbocycles. The lowest BCUT2D eigenvalue weighted by atomic mass is 9.98. The Bertz CT molecular complexity index is 652. The summed E-state index contributed by atoms with van der Waals surface area (Å²) in [5.74, 6) is 0.104. The Hall–Kier alpha value is -1.66. The van der Waals surface area contributed by atoms with Gasteiger partial charge in [-0.25, -0.2) is 4.39 Å². The summed E-state index contributed by atoms with van der Waals surface area (Å²) in [5.41, 5.74) is 0.654. The Morgan fingerprint density at radius 1 is 1.31 bits per heavy atom. The SMILES string of the molecule is CC(=O)OC1C[C@H](c2cc(F)ccc2OC2CCOC2)N(C(C)(C)C)C1. The molecular formula is C20H28FNO4. The predicted octanol–water partition coefficient (Wildman–Crippen LogP) is 3.47. The summed E-state index contributed by atoms with van der Waals surface area (Å²) in [7, 11) is 0. The van der Waals surface area contributed by atoms with E-state index in [-0.39, 0.29) is 35.6 Å². The van der Waals surface area contributed by atoms with E-state index in [2.05, 4.69) is 25.7 Å². The molecule has 1 aromatic carbocycles. The number of ether oxygens (including phenoxy) is 3. The van der Waals surface area contributed by atoms with Gasteiger partial charge in [-0.15, -0.1) is 0 Å². The van der Waals surface area contributed by atoms with Gasteiger partial charge in [-0.3, -0.25) is 9.69 Å². The lowest BCUT2D eigenvalue weighted by Crippen LogP contribution is -2.42. The first-order valence-electron chi connectivity index (χ1n) is 9.22. The Labute approximate surface area is 154 Å². The van der Waals surface area contributed by atoms with Crippen LogP contribution in [-0.2, 0) is 14.3 Å². The normalized spacial score (nSPS) is 26.9. The van der Waals surface area contributed by atoms with Crippen LogP contribution in [0.15, 0.2) is 18.2 Å². The maximum Gasteiger partial charge on any atom is 0.302 e. The first-order valence-corrected chi connectivity index (χ1v) is 9.22. The van der Waals surface area contributed by atoms with Crippen molar-refractivity contribution < 1.29 is 23.4 Å². The maximum atomic E-state index is 14.1. The van der Waals surface area contributed by atoms with Crippen LogP contribution in [0.25, 0.3) is 0 Å². The number of carbonyl (C=O) groups excluding carboxylic acids is 1. The Balaban J connectivity index is 1.91. The zero-order valence-electron chi connectivity index (χ0n) is 16.0. The third kappa shape index (κ3) is 4.35. The zero-order chi connectivity index (χ0) is 18.9. The molecule has 0 amide bonds. The minimum atomic E-state index is -0.292. The fourth-order valence-corrected chi connectivity index (χ4v) is 3.83. The van der Waals surface area contributed by atoms with Crippen LogP contribution >= 0.6 is 0 Å². The van der Waals surface area contributed by atoms with Crippen LogP contribution in [0.5, 0.6) is 5.75 Å². The molecule has 2 heterocycles. The Morgan fingerprint density at radius 3 is 2.69 bits per heavy atom. The van der Waals surface area contributed by atoms with Gasteiger partial charge in [0.05, 0.1) is 13.2 Å². The molecule has 0 radical (unpaired) electrons. The molecular weight excluding hydrogens is 337 g/mol. The number of esters is 1. The second-order valence-corrected chi connectivity index (χ2v) is 8.09. The summed E-state index contributed by atoms with van der Waals surface area (Å²) < 4.78 is 31.0. The molecule has 0 N–H and O–H groups in total. The molecule has 2 saturated heterocycles. The largest absolute Gasteiger partial charge is 0.488 e. The van der Waals surface area contributed by atoms with Gasteiger partial charge in [0, 0.05) is 43.5 Å². The number of rotatable bonds is 4. The highest BCUT2D eigenvalue weighted by molar-refractivity contribution is 5.66. The molecule has 2 aliphatic rings. The molecule has 0 spiro atoms. The van der Waals surface area contributed by atoms with Gasteiger partial charge in [0.1, 0.15) is 23.8 Å². The van der Waals surface area contributed by atoms with Gasteiger partial charge >= 0.3 is 5.97 Å². The lowest BCUT2D eigenvalue weighted by Gasteiger charge is -2.37. The van der Waals surface area contributed by atoms with Crippen LogP contribution in [0.3, 0.4) is 0 Å². The average Bonchev–Trinajstić information content (AvgIpc) is 3.17. The van der Waals surface area contributed by atoms with Gasteiger partial charge in [0.2, 0.25) is 0 Å². The van der Waals surface area contributed by atoms with E-state index < -0.39 is 0 Å². The predicted molar refractivity (Wildman–Crippen MR) is 95.6 cm³/mol. The van der Waals surface area contributed by atoms with Gasteiger partial charge in [-0.2, -0.15) is 0 Å². The average molecular weight is 365 g/mol. The molecule has 26 heavy (non-hydrogen) atoms. The van der Waals surface area contributed by atoms with Crippen molar-refractivity contribution >= 4 is 5.97 Å². The Kier molecular flexibility index (Phi) is 5.53. The van der Waals surface area contributed by atoms with Crippen molar-refractivity contribution in [2.75, 3.05) is 19.8 Å². The van der Waals surface area contributed by atoms with Gasteiger partial charge in [0.25, 0.3) is 0 Å². The lowest BCUT2D eigenvalue weighted by molar-refractivity contribution is -0.145. The molecule has 3 rings (SSSR count). The third-order valence-electron chi connectivity index (χ3n) is 4.97. The van der Waals surface area contributed by atoms with Gasteiger partial charge in [-0.05, 0) is 39.0 Å². The number of hydrogen-bond acceptors (Lipinski definition) is 5. The highest BCUT2D eigenvalue weighted by atomic mass is 19.1. The topological polar surface area (TPSA) is 48.0 Å². The van der Waals surface area contributed by atoms with E-state index >= 15 is 0 Å². The first-order chi connectivity index (χ1) is 12.2. The molecule has 0 bridgehead atoms. The quantitative estimate of drug-likeness (QED) is 0.765. The van der Waals surface area contributed by atoms with Crippen molar-refractivity contribution in [3.05, 3.63) is 29.6 Å². The molecule has 2 aliphatic heterocycles. The van der Waals surface area contributed by atoms with E-state index in [1.54, 1.807) is 12.1 Å². The number of halogens is 1. The van der Waals surface area contributed by atoms with Gasteiger partial charge in [-0.1, -0.05) is 0 Å². The number of hydrogen-bond donors (Lipinski definition) is 0. The minimum Gasteiger partial charge on any atom is -0.488 e. The van der Waals surface area contributed by atoms with Gasteiger partial charge < -0.3 is 14.2 Å². The minimum absolute atomic E-state index is 0.00651. The van der Waals surface area contributed by atoms with E-state index in [0.29, 0.717) is 31.9 Å². The second-order valence-electron chi connectivity index (χ2n) is 8.09. The molecule has 2 fully saturated rings. The van der Waals surface area contributed by atoms with Gasteiger partial charge in [0.15, 0.2) is 0 Å². The van der Waals surface area contributed by atoms with Crippen LogP contribution in [-0.4, -0.2) is 48.4 Å². The molecule has 2 unspecified atom stereocenters. The van der Waals surface area contributed by atoms with E-state index in [4.69, 9.17) is 14.2 Å². The summed E-state index contributed by atoms with van der Waals surface area (Å²) >= 11 is 0. The van der Waals surface area contributed by atoms with Crippen LogP contribution in [0.4, 0.5) is 4.39 Å². The summed E-state index contributed by atoms with van der Waals surface area (Å²) in [6, 6.07) is 4.59. The maximum absolute atomic E-state index is 14.1. The van der Waals surface area contributed by atoms with E-state index in [1.807, 2.05) is 0 Å². The fraction of sp³-hybridized carbons (Fsp3) is 0.650. The summed E-state index contributed by atoms with van der Waals surface area (Å²) in [6.07, 6.45) is 1.24. The van der Waals surface area contributed by atoms with Crippen LogP contribution < -0.4 is 4.74 Å². The van der Waals surface area contributed by atoms with E-state index in [1.165, 1.54) is 13.0 Å².